The average molecular weight is 373 g/mol. The Morgan fingerprint density at radius 1 is 0.920 bits per heavy atom. The van der Waals surface area contributed by atoms with E-state index in [0.717, 1.165) is 0 Å². The van der Waals surface area contributed by atoms with Crippen LogP contribution in [-0.4, -0.2) is 29.2 Å². The van der Waals surface area contributed by atoms with Gasteiger partial charge in [-0.05, 0) is 30.8 Å². The molecular formula is C14H13F6NO4. The molecule has 0 bridgehead atoms. The zero-order valence-electron chi connectivity index (χ0n) is 12.6. The Kier molecular flexibility index (Phi) is 8.13. The number of hydrogen-bond acceptors (Lipinski definition) is 3. The lowest BCUT2D eigenvalue weighted by Crippen LogP contribution is -2.14. The van der Waals surface area contributed by atoms with Crippen LogP contribution in [0.3, 0.4) is 0 Å². The molecule has 0 aliphatic rings. The van der Waals surface area contributed by atoms with Gasteiger partial charge in [0.25, 0.3) is 0 Å². The van der Waals surface area contributed by atoms with Crippen LogP contribution in [0.5, 0.6) is 0 Å². The summed E-state index contributed by atoms with van der Waals surface area (Å²) in [4.78, 5) is 19.1. The quantitative estimate of drug-likeness (QED) is 0.558. The van der Waals surface area contributed by atoms with Crippen molar-refractivity contribution in [3.8, 4) is 0 Å². The molecular weight excluding hydrogens is 360 g/mol. The SMILES string of the molecule is CNCc1cc(C(F)(F)F)cc(C(F)(F)F)c1.O=C(O)/C=C/C(=O)O. The smallest absolute Gasteiger partial charge is 0.416 e. The van der Waals surface area contributed by atoms with Gasteiger partial charge in [0.1, 0.15) is 0 Å². The second-order valence-electron chi connectivity index (χ2n) is 4.45. The Balaban J connectivity index is 0.000000609. The molecule has 25 heavy (non-hydrogen) atoms. The third-order valence-electron chi connectivity index (χ3n) is 2.40. The summed E-state index contributed by atoms with van der Waals surface area (Å²) < 4.78 is 74.3. The third-order valence-corrected chi connectivity index (χ3v) is 2.40. The van der Waals surface area contributed by atoms with Crippen LogP contribution in [0.1, 0.15) is 16.7 Å². The maximum Gasteiger partial charge on any atom is 0.416 e. The Labute approximate surface area is 137 Å². The normalized spacial score (nSPS) is 11.8. The molecule has 0 atom stereocenters. The number of alkyl halides is 6. The van der Waals surface area contributed by atoms with Gasteiger partial charge in [-0.1, -0.05) is 0 Å². The predicted octanol–water partition coefficient (Wildman–Crippen LogP) is 3.16. The minimum Gasteiger partial charge on any atom is -0.478 e. The Hall–Kier alpha value is -2.56. The highest BCUT2D eigenvalue weighted by molar-refractivity contribution is 5.89. The standard InChI is InChI=1S/C10H9F6N.C4H4O4/c1-17-5-6-2-7(9(11,12)13)4-8(3-6)10(14,15)16;5-3(6)1-2-4(7)8/h2-4,17H,5H2,1H3;1-2H,(H,5,6)(H,7,8)/b;2-1+. The summed E-state index contributed by atoms with van der Waals surface area (Å²) in [6.45, 7) is -0.0625. The fraction of sp³-hybridized carbons (Fsp3) is 0.286. The average Bonchev–Trinajstić information content (AvgIpc) is 2.44. The zero-order valence-corrected chi connectivity index (χ0v) is 12.6. The molecule has 11 heteroatoms. The fourth-order valence-electron chi connectivity index (χ4n) is 1.47. The molecule has 0 fully saturated rings. The molecule has 0 saturated carbocycles. The third kappa shape index (κ3) is 9.35. The summed E-state index contributed by atoms with van der Waals surface area (Å²) in [6, 6.07) is 1.51. The molecule has 0 heterocycles. The zero-order chi connectivity index (χ0) is 19.8. The van der Waals surface area contributed by atoms with Crippen LogP contribution in [-0.2, 0) is 28.5 Å². The monoisotopic (exact) mass is 373 g/mol. The number of aliphatic carboxylic acids is 2. The minimum absolute atomic E-state index is 0.0605. The van der Waals surface area contributed by atoms with Gasteiger partial charge in [-0.3, -0.25) is 0 Å². The molecule has 3 N–H and O–H groups in total. The number of rotatable bonds is 4. The first-order chi connectivity index (χ1) is 11.3. The van der Waals surface area contributed by atoms with E-state index in [0.29, 0.717) is 24.3 Å². The molecule has 0 spiro atoms. The van der Waals surface area contributed by atoms with Crippen molar-refractivity contribution in [1.82, 2.24) is 5.32 Å². The van der Waals surface area contributed by atoms with E-state index in [9.17, 15) is 35.9 Å². The number of benzene rings is 1. The second-order valence-corrected chi connectivity index (χ2v) is 4.45. The van der Waals surface area contributed by atoms with Crippen LogP contribution in [0.25, 0.3) is 0 Å². The van der Waals surface area contributed by atoms with Crippen LogP contribution in [0.2, 0.25) is 0 Å². The highest BCUT2D eigenvalue weighted by atomic mass is 19.4. The molecule has 0 aromatic heterocycles. The molecule has 1 aromatic rings. The molecule has 0 amide bonds. The number of carboxylic acids is 2. The lowest BCUT2D eigenvalue weighted by molar-refractivity contribution is -0.143. The molecule has 1 rings (SSSR count). The van der Waals surface area contributed by atoms with Crippen molar-refractivity contribution in [2.24, 2.45) is 0 Å². The Morgan fingerprint density at radius 2 is 1.28 bits per heavy atom. The molecule has 0 aliphatic heterocycles. The summed E-state index contributed by atoms with van der Waals surface area (Å²) in [7, 11) is 1.44. The summed E-state index contributed by atoms with van der Waals surface area (Å²) >= 11 is 0. The van der Waals surface area contributed by atoms with E-state index in [1.54, 1.807) is 0 Å². The van der Waals surface area contributed by atoms with E-state index in [-0.39, 0.29) is 18.2 Å². The summed E-state index contributed by atoms with van der Waals surface area (Å²) in [5.74, 6) is -2.51. The molecule has 5 nitrogen and oxygen atoms in total. The maximum atomic E-state index is 12.4. The Bertz CT molecular complexity index is 589. The largest absolute Gasteiger partial charge is 0.478 e. The number of halogens is 6. The van der Waals surface area contributed by atoms with Crippen molar-refractivity contribution in [3.63, 3.8) is 0 Å². The van der Waals surface area contributed by atoms with Gasteiger partial charge in [-0.15, -0.1) is 0 Å². The van der Waals surface area contributed by atoms with E-state index in [4.69, 9.17) is 10.2 Å². The summed E-state index contributed by atoms with van der Waals surface area (Å²) in [6.07, 6.45) is -8.46. The lowest BCUT2D eigenvalue weighted by Gasteiger charge is -2.13. The van der Waals surface area contributed by atoms with Crippen molar-refractivity contribution in [1.29, 1.82) is 0 Å². The van der Waals surface area contributed by atoms with Gasteiger partial charge in [0, 0.05) is 18.7 Å². The van der Waals surface area contributed by atoms with E-state index < -0.39 is 35.4 Å². The summed E-state index contributed by atoms with van der Waals surface area (Å²) in [5.41, 5.74) is -2.65. The number of carboxylic acid groups (broad SMARTS) is 2. The van der Waals surface area contributed by atoms with Gasteiger partial charge < -0.3 is 15.5 Å². The van der Waals surface area contributed by atoms with E-state index in [2.05, 4.69) is 5.32 Å². The molecule has 0 saturated heterocycles. The van der Waals surface area contributed by atoms with Crippen LogP contribution in [0.15, 0.2) is 30.4 Å². The first-order valence-corrected chi connectivity index (χ1v) is 6.34. The number of carbonyl (C=O) groups is 2. The lowest BCUT2D eigenvalue weighted by atomic mass is 10.0. The van der Waals surface area contributed by atoms with Crippen LogP contribution in [0.4, 0.5) is 26.3 Å². The molecule has 1 aromatic carbocycles. The van der Waals surface area contributed by atoms with Gasteiger partial charge in [-0.25, -0.2) is 9.59 Å². The maximum absolute atomic E-state index is 12.4. The first kappa shape index (κ1) is 22.4. The van der Waals surface area contributed by atoms with E-state index >= 15 is 0 Å². The molecule has 140 valence electrons. The van der Waals surface area contributed by atoms with Gasteiger partial charge in [0.15, 0.2) is 0 Å². The molecule has 0 unspecified atom stereocenters. The van der Waals surface area contributed by atoms with Gasteiger partial charge in [-0.2, -0.15) is 26.3 Å². The highest BCUT2D eigenvalue weighted by Crippen LogP contribution is 2.36. The van der Waals surface area contributed by atoms with Gasteiger partial charge >= 0.3 is 24.3 Å². The number of nitrogens with one attached hydrogen (secondary N) is 1. The fourth-order valence-corrected chi connectivity index (χ4v) is 1.47. The summed E-state index contributed by atoms with van der Waals surface area (Å²) in [5, 5.41) is 18.1. The van der Waals surface area contributed by atoms with Crippen molar-refractivity contribution in [3.05, 3.63) is 47.0 Å². The number of hydrogen-bond donors (Lipinski definition) is 3. The van der Waals surface area contributed by atoms with Crippen molar-refractivity contribution in [2.75, 3.05) is 7.05 Å². The predicted molar refractivity (Wildman–Crippen MR) is 73.6 cm³/mol. The molecule has 0 radical (unpaired) electrons. The van der Waals surface area contributed by atoms with Crippen LogP contribution >= 0.6 is 0 Å². The van der Waals surface area contributed by atoms with Gasteiger partial charge in [0.05, 0.1) is 11.1 Å². The van der Waals surface area contributed by atoms with Crippen molar-refractivity contribution in [2.45, 2.75) is 18.9 Å². The van der Waals surface area contributed by atoms with Gasteiger partial charge in [0.2, 0.25) is 0 Å². The second kappa shape index (κ2) is 9.06. The highest BCUT2D eigenvalue weighted by Gasteiger charge is 2.36. The topological polar surface area (TPSA) is 86.6 Å². The Morgan fingerprint density at radius 3 is 1.52 bits per heavy atom. The van der Waals surface area contributed by atoms with E-state index in [1.807, 2.05) is 0 Å². The minimum atomic E-state index is -4.79. The van der Waals surface area contributed by atoms with Crippen LogP contribution in [0, 0.1) is 0 Å². The van der Waals surface area contributed by atoms with Crippen LogP contribution < -0.4 is 5.32 Å². The first-order valence-electron chi connectivity index (χ1n) is 6.34. The van der Waals surface area contributed by atoms with Crippen molar-refractivity contribution < 1.29 is 46.1 Å². The molecule has 0 aliphatic carbocycles. The van der Waals surface area contributed by atoms with E-state index in [1.165, 1.54) is 7.05 Å². The van der Waals surface area contributed by atoms with Crippen molar-refractivity contribution >= 4 is 11.9 Å².